The Bertz CT molecular complexity index is 562. The summed E-state index contributed by atoms with van der Waals surface area (Å²) in [5, 5.41) is 0. The van der Waals surface area contributed by atoms with Crippen LogP contribution in [0.3, 0.4) is 0 Å². The lowest BCUT2D eigenvalue weighted by atomic mass is 10.2. The molecule has 0 N–H and O–H groups in total. The summed E-state index contributed by atoms with van der Waals surface area (Å²) >= 11 is 3.24. The van der Waals surface area contributed by atoms with Gasteiger partial charge in [0.2, 0.25) is 0 Å². The average Bonchev–Trinajstić information content (AvgIpc) is 2.80. The van der Waals surface area contributed by atoms with Crippen molar-refractivity contribution in [2.45, 2.75) is 38.8 Å². The number of hydrogen-bond acceptors (Lipinski definition) is 3. The Balaban J connectivity index is 2.08. The van der Waals surface area contributed by atoms with Crippen LogP contribution < -0.4 is 5.56 Å². The monoisotopic (exact) mass is 342 g/mol. The Labute approximate surface area is 126 Å². The molecule has 0 radical (unpaired) electrons. The fourth-order valence-corrected chi connectivity index (χ4v) is 2.59. The van der Waals surface area contributed by atoms with E-state index in [9.17, 15) is 9.59 Å². The van der Waals surface area contributed by atoms with Crippen LogP contribution in [0.4, 0.5) is 4.79 Å². The van der Waals surface area contributed by atoms with Crippen molar-refractivity contribution in [2.24, 2.45) is 0 Å². The van der Waals surface area contributed by atoms with E-state index in [1.807, 2.05) is 26.8 Å². The first-order valence-corrected chi connectivity index (χ1v) is 7.42. The van der Waals surface area contributed by atoms with Crippen LogP contribution in [0.5, 0.6) is 0 Å². The topological polar surface area (TPSA) is 51.5 Å². The van der Waals surface area contributed by atoms with E-state index in [1.54, 1.807) is 21.7 Å². The van der Waals surface area contributed by atoms with Gasteiger partial charge in [0.1, 0.15) is 5.60 Å². The second-order valence-corrected chi connectivity index (χ2v) is 6.79. The number of aromatic nitrogens is 1. The number of amides is 1. The fourth-order valence-electron chi connectivity index (χ4n) is 2.23. The minimum Gasteiger partial charge on any atom is -0.444 e. The van der Waals surface area contributed by atoms with Crippen molar-refractivity contribution in [1.82, 2.24) is 9.47 Å². The van der Waals surface area contributed by atoms with E-state index in [2.05, 4.69) is 15.9 Å². The highest BCUT2D eigenvalue weighted by Gasteiger charge is 2.31. The van der Waals surface area contributed by atoms with Crippen molar-refractivity contribution < 1.29 is 9.53 Å². The average molecular weight is 343 g/mol. The Morgan fingerprint density at radius 1 is 1.45 bits per heavy atom. The van der Waals surface area contributed by atoms with Gasteiger partial charge in [-0.2, -0.15) is 0 Å². The van der Waals surface area contributed by atoms with Gasteiger partial charge in [-0.1, -0.05) is 0 Å². The molecule has 0 aliphatic carbocycles. The molecule has 1 amide bonds. The van der Waals surface area contributed by atoms with Crippen molar-refractivity contribution in [3.8, 4) is 0 Å². The highest BCUT2D eigenvalue weighted by atomic mass is 79.9. The molecule has 1 aromatic rings. The van der Waals surface area contributed by atoms with Crippen LogP contribution in [-0.2, 0) is 4.74 Å². The molecule has 1 aliphatic heterocycles. The SMILES string of the molecule is CC(C)(C)OC(=O)N1CCC(n2cccc(Br)c2=O)C1. The largest absolute Gasteiger partial charge is 0.444 e. The smallest absolute Gasteiger partial charge is 0.410 e. The Morgan fingerprint density at radius 2 is 2.15 bits per heavy atom. The van der Waals surface area contributed by atoms with Gasteiger partial charge in [-0.25, -0.2) is 4.79 Å². The molecule has 6 heteroatoms. The Hall–Kier alpha value is -1.30. The van der Waals surface area contributed by atoms with Crippen molar-refractivity contribution in [2.75, 3.05) is 13.1 Å². The molecule has 1 aromatic heterocycles. The van der Waals surface area contributed by atoms with Gasteiger partial charge in [-0.05, 0) is 55.3 Å². The quantitative estimate of drug-likeness (QED) is 0.788. The summed E-state index contributed by atoms with van der Waals surface area (Å²) in [6, 6.07) is 3.55. The van der Waals surface area contributed by atoms with E-state index in [1.165, 1.54) is 0 Å². The van der Waals surface area contributed by atoms with Gasteiger partial charge in [0.15, 0.2) is 0 Å². The number of pyridine rings is 1. The maximum Gasteiger partial charge on any atom is 0.410 e. The number of nitrogens with zero attached hydrogens (tertiary/aromatic N) is 2. The lowest BCUT2D eigenvalue weighted by Gasteiger charge is -2.24. The van der Waals surface area contributed by atoms with E-state index >= 15 is 0 Å². The van der Waals surface area contributed by atoms with Gasteiger partial charge in [-0.3, -0.25) is 4.79 Å². The molecule has 0 saturated carbocycles. The van der Waals surface area contributed by atoms with Crippen molar-refractivity contribution >= 4 is 22.0 Å². The summed E-state index contributed by atoms with van der Waals surface area (Å²) in [6.07, 6.45) is 2.20. The molecule has 1 saturated heterocycles. The van der Waals surface area contributed by atoms with Gasteiger partial charge in [0, 0.05) is 19.3 Å². The molecular weight excluding hydrogens is 324 g/mol. The van der Waals surface area contributed by atoms with Crippen molar-refractivity contribution in [1.29, 1.82) is 0 Å². The summed E-state index contributed by atoms with van der Waals surface area (Å²) in [5.41, 5.74) is -0.564. The lowest BCUT2D eigenvalue weighted by Crippen LogP contribution is -2.36. The molecule has 1 unspecified atom stereocenters. The van der Waals surface area contributed by atoms with E-state index in [-0.39, 0.29) is 17.7 Å². The van der Waals surface area contributed by atoms with E-state index < -0.39 is 5.60 Å². The number of halogens is 1. The molecule has 5 nitrogen and oxygen atoms in total. The lowest BCUT2D eigenvalue weighted by molar-refractivity contribution is 0.0289. The van der Waals surface area contributed by atoms with Crippen molar-refractivity contribution in [3.05, 3.63) is 33.2 Å². The number of carbonyl (C=O) groups is 1. The minimum absolute atomic E-state index is 0.00696. The van der Waals surface area contributed by atoms with E-state index in [4.69, 9.17) is 4.74 Å². The number of carbonyl (C=O) groups excluding carboxylic acids is 1. The molecule has 1 aliphatic rings. The standard InChI is InChI=1S/C14H19BrN2O3/c1-14(2,3)20-13(19)16-8-6-10(9-16)17-7-4-5-11(15)12(17)18/h4-5,7,10H,6,8-9H2,1-3H3. The zero-order valence-electron chi connectivity index (χ0n) is 11.9. The zero-order valence-corrected chi connectivity index (χ0v) is 13.5. The van der Waals surface area contributed by atoms with Crippen LogP contribution in [0.2, 0.25) is 0 Å². The van der Waals surface area contributed by atoms with Crippen LogP contribution in [0.1, 0.15) is 33.2 Å². The summed E-state index contributed by atoms with van der Waals surface area (Å²) < 4.78 is 7.56. The van der Waals surface area contributed by atoms with Gasteiger partial charge < -0.3 is 14.2 Å². The zero-order chi connectivity index (χ0) is 14.9. The maximum atomic E-state index is 12.0. The van der Waals surface area contributed by atoms with Crippen LogP contribution in [0, 0.1) is 0 Å². The van der Waals surface area contributed by atoms with Crippen LogP contribution in [-0.4, -0.2) is 34.3 Å². The molecular formula is C14H19BrN2O3. The summed E-state index contributed by atoms with van der Waals surface area (Å²) in [5.74, 6) is 0. The fraction of sp³-hybridized carbons (Fsp3) is 0.571. The molecule has 0 bridgehead atoms. The highest BCUT2D eigenvalue weighted by Crippen LogP contribution is 2.22. The molecule has 1 fully saturated rings. The maximum absolute atomic E-state index is 12.0. The van der Waals surface area contributed by atoms with Gasteiger partial charge in [0.25, 0.3) is 5.56 Å². The molecule has 110 valence electrons. The number of likely N-dealkylation sites (tertiary alicyclic amines) is 1. The molecule has 0 aromatic carbocycles. The minimum atomic E-state index is -0.498. The second-order valence-electron chi connectivity index (χ2n) is 5.94. The Morgan fingerprint density at radius 3 is 2.80 bits per heavy atom. The summed E-state index contributed by atoms with van der Waals surface area (Å²) in [7, 11) is 0. The van der Waals surface area contributed by atoms with Crippen LogP contribution >= 0.6 is 15.9 Å². The van der Waals surface area contributed by atoms with Crippen LogP contribution in [0.25, 0.3) is 0 Å². The molecule has 0 spiro atoms. The first kappa shape index (κ1) is 15.1. The van der Waals surface area contributed by atoms with Crippen molar-refractivity contribution in [3.63, 3.8) is 0 Å². The van der Waals surface area contributed by atoms with Gasteiger partial charge in [0.05, 0.1) is 10.5 Å². The molecule has 1 atom stereocenters. The normalized spacial score (nSPS) is 19.2. The first-order chi connectivity index (χ1) is 9.28. The predicted molar refractivity (Wildman–Crippen MR) is 79.9 cm³/mol. The molecule has 20 heavy (non-hydrogen) atoms. The molecule has 2 rings (SSSR count). The van der Waals surface area contributed by atoms with Gasteiger partial charge in [-0.15, -0.1) is 0 Å². The van der Waals surface area contributed by atoms with E-state index in [0.29, 0.717) is 17.6 Å². The van der Waals surface area contributed by atoms with E-state index in [0.717, 1.165) is 6.42 Å². The first-order valence-electron chi connectivity index (χ1n) is 6.62. The third-order valence-corrected chi connectivity index (χ3v) is 3.74. The number of hydrogen-bond donors (Lipinski definition) is 0. The predicted octanol–water partition coefficient (Wildman–Crippen LogP) is 2.79. The number of rotatable bonds is 1. The summed E-state index contributed by atoms with van der Waals surface area (Å²) in [4.78, 5) is 25.7. The van der Waals surface area contributed by atoms with Gasteiger partial charge >= 0.3 is 6.09 Å². The highest BCUT2D eigenvalue weighted by molar-refractivity contribution is 9.10. The summed E-state index contributed by atoms with van der Waals surface area (Å²) in [6.45, 7) is 6.65. The van der Waals surface area contributed by atoms with Crippen LogP contribution in [0.15, 0.2) is 27.6 Å². The Kier molecular flexibility index (Phi) is 4.22. The third-order valence-electron chi connectivity index (χ3n) is 3.14. The second kappa shape index (κ2) is 5.60. The number of ether oxygens (including phenoxy) is 1. The molecule has 2 heterocycles. The third kappa shape index (κ3) is 3.42.